The molecule has 0 saturated carbocycles. The normalized spacial score (nSPS) is 12.0. The highest BCUT2D eigenvalue weighted by atomic mass is 19.4. The van der Waals surface area contributed by atoms with Gasteiger partial charge in [-0.25, -0.2) is 0 Å². The van der Waals surface area contributed by atoms with Crippen molar-refractivity contribution in [3.63, 3.8) is 0 Å². The van der Waals surface area contributed by atoms with Crippen LogP contribution in [0.1, 0.15) is 5.56 Å². The molecule has 2 aromatic carbocycles. The van der Waals surface area contributed by atoms with E-state index < -0.39 is 18.0 Å². The van der Waals surface area contributed by atoms with E-state index in [0.717, 1.165) is 17.8 Å². The minimum absolute atomic E-state index is 0.263. The zero-order valence-electron chi connectivity index (χ0n) is 11.2. The van der Waals surface area contributed by atoms with Crippen molar-refractivity contribution in [2.75, 3.05) is 5.32 Å². The SMILES string of the molecule is FC(F)(F)C(F)(F)Oc1cccc(CNc2ccccc2)c1. The van der Waals surface area contributed by atoms with E-state index in [-0.39, 0.29) is 6.54 Å². The zero-order valence-corrected chi connectivity index (χ0v) is 11.2. The van der Waals surface area contributed by atoms with Gasteiger partial charge < -0.3 is 10.1 Å². The summed E-state index contributed by atoms with van der Waals surface area (Å²) >= 11 is 0. The third-order valence-electron chi connectivity index (χ3n) is 2.74. The van der Waals surface area contributed by atoms with Gasteiger partial charge >= 0.3 is 12.3 Å². The quantitative estimate of drug-likeness (QED) is 0.797. The summed E-state index contributed by atoms with van der Waals surface area (Å²) in [4.78, 5) is 0. The van der Waals surface area contributed by atoms with Crippen LogP contribution in [-0.4, -0.2) is 12.3 Å². The van der Waals surface area contributed by atoms with Crippen LogP contribution in [0.25, 0.3) is 0 Å². The fourth-order valence-electron chi connectivity index (χ4n) is 1.68. The molecule has 0 heterocycles. The summed E-state index contributed by atoms with van der Waals surface area (Å²) in [6, 6.07) is 14.2. The van der Waals surface area contributed by atoms with Crippen molar-refractivity contribution in [2.24, 2.45) is 0 Å². The third kappa shape index (κ3) is 4.09. The second-order valence-electron chi connectivity index (χ2n) is 4.48. The molecule has 22 heavy (non-hydrogen) atoms. The molecule has 0 aliphatic rings. The summed E-state index contributed by atoms with van der Waals surface area (Å²) in [5, 5.41) is 3.02. The van der Waals surface area contributed by atoms with Crippen molar-refractivity contribution in [3.05, 3.63) is 60.2 Å². The molecule has 2 aromatic rings. The van der Waals surface area contributed by atoms with Crippen LogP contribution in [0.3, 0.4) is 0 Å². The summed E-state index contributed by atoms with van der Waals surface area (Å²) in [7, 11) is 0. The molecule has 2 rings (SSSR count). The maximum absolute atomic E-state index is 12.8. The van der Waals surface area contributed by atoms with Crippen LogP contribution in [0.2, 0.25) is 0 Å². The number of nitrogens with one attached hydrogen (secondary N) is 1. The summed E-state index contributed by atoms with van der Waals surface area (Å²) < 4.78 is 65.7. The van der Waals surface area contributed by atoms with E-state index in [9.17, 15) is 22.0 Å². The molecular weight excluding hydrogens is 305 g/mol. The van der Waals surface area contributed by atoms with E-state index in [1.54, 1.807) is 18.2 Å². The van der Waals surface area contributed by atoms with Gasteiger partial charge in [-0.2, -0.15) is 22.0 Å². The molecule has 0 radical (unpaired) electrons. The highest BCUT2D eigenvalue weighted by molar-refractivity contribution is 5.43. The van der Waals surface area contributed by atoms with Crippen molar-refractivity contribution in [3.8, 4) is 5.75 Å². The number of halogens is 5. The molecular formula is C15H12F5NO. The van der Waals surface area contributed by atoms with Gasteiger partial charge in [-0.3, -0.25) is 0 Å². The number of alkyl halides is 5. The number of hydrogen-bond donors (Lipinski definition) is 1. The van der Waals surface area contributed by atoms with Crippen LogP contribution in [0.4, 0.5) is 27.6 Å². The first-order valence-electron chi connectivity index (χ1n) is 6.29. The van der Waals surface area contributed by atoms with E-state index in [2.05, 4.69) is 10.1 Å². The third-order valence-corrected chi connectivity index (χ3v) is 2.74. The minimum atomic E-state index is -5.76. The summed E-state index contributed by atoms with van der Waals surface area (Å²) in [6.45, 7) is 0.263. The first-order chi connectivity index (χ1) is 10.3. The lowest BCUT2D eigenvalue weighted by atomic mass is 10.2. The summed E-state index contributed by atoms with van der Waals surface area (Å²) in [5.41, 5.74) is 1.31. The summed E-state index contributed by atoms with van der Waals surface area (Å²) in [5.74, 6) is -0.547. The van der Waals surface area contributed by atoms with Crippen molar-refractivity contribution in [2.45, 2.75) is 18.8 Å². The van der Waals surface area contributed by atoms with Gasteiger partial charge in [0.1, 0.15) is 5.75 Å². The minimum Gasteiger partial charge on any atom is -0.426 e. The van der Waals surface area contributed by atoms with E-state index in [0.29, 0.717) is 5.56 Å². The Morgan fingerprint density at radius 1 is 0.864 bits per heavy atom. The predicted molar refractivity (Wildman–Crippen MR) is 71.8 cm³/mol. The molecule has 0 fully saturated rings. The number of anilines is 1. The Kier molecular flexibility index (Phi) is 4.54. The zero-order chi connectivity index (χ0) is 16.2. The molecule has 0 amide bonds. The lowest BCUT2D eigenvalue weighted by Crippen LogP contribution is -2.41. The van der Waals surface area contributed by atoms with Crippen LogP contribution in [0, 0.1) is 0 Å². The van der Waals surface area contributed by atoms with E-state index in [4.69, 9.17) is 0 Å². The van der Waals surface area contributed by atoms with Crippen LogP contribution in [-0.2, 0) is 6.54 Å². The van der Waals surface area contributed by atoms with Gasteiger partial charge in [0.05, 0.1) is 0 Å². The maximum Gasteiger partial charge on any atom is 0.499 e. The lowest BCUT2D eigenvalue weighted by molar-refractivity contribution is -0.360. The molecule has 0 aliphatic heterocycles. The van der Waals surface area contributed by atoms with Crippen molar-refractivity contribution >= 4 is 5.69 Å². The smallest absolute Gasteiger partial charge is 0.426 e. The lowest BCUT2D eigenvalue weighted by Gasteiger charge is -2.20. The van der Waals surface area contributed by atoms with Gasteiger partial charge in [0.15, 0.2) is 0 Å². The number of para-hydroxylation sites is 1. The molecule has 0 saturated heterocycles. The monoisotopic (exact) mass is 317 g/mol. The number of rotatable bonds is 5. The van der Waals surface area contributed by atoms with E-state index in [1.807, 2.05) is 18.2 Å². The summed E-state index contributed by atoms with van der Waals surface area (Å²) in [6.07, 6.45) is -11.0. The number of hydrogen-bond acceptors (Lipinski definition) is 2. The average molecular weight is 317 g/mol. The Morgan fingerprint density at radius 3 is 2.18 bits per heavy atom. The molecule has 1 N–H and O–H groups in total. The van der Waals surface area contributed by atoms with E-state index in [1.165, 1.54) is 6.07 Å². The standard InChI is InChI=1S/C15H12F5NO/c16-14(17,18)15(19,20)22-13-8-4-5-11(9-13)10-21-12-6-2-1-3-7-12/h1-9,21H,10H2. The van der Waals surface area contributed by atoms with Gasteiger partial charge in [-0.05, 0) is 29.8 Å². The molecule has 0 aromatic heterocycles. The number of benzene rings is 2. The van der Waals surface area contributed by atoms with Crippen molar-refractivity contribution in [1.82, 2.24) is 0 Å². The molecule has 2 nitrogen and oxygen atoms in total. The van der Waals surface area contributed by atoms with Crippen LogP contribution < -0.4 is 10.1 Å². The topological polar surface area (TPSA) is 21.3 Å². The Bertz CT molecular complexity index is 613. The fourth-order valence-corrected chi connectivity index (χ4v) is 1.68. The van der Waals surface area contributed by atoms with Crippen molar-refractivity contribution in [1.29, 1.82) is 0 Å². The van der Waals surface area contributed by atoms with Crippen LogP contribution >= 0.6 is 0 Å². The van der Waals surface area contributed by atoms with Crippen LogP contribution in [0.5, 0.6) is 5.75 Å². The Hall–Kier alpha value is -2.31. The second kappa shape index (κ2) is 6.21. The maximum atomic E-state index is 12.8. The van der Waals surface area contributed by atoms with Gasteiger partial charge in [-0.1, -0.05) is 30.3 Å². The van der Waals surface area contributed by atoms with E-state index >= 15 is 0 Å². The molecule has 118 valence electrons. The molecule has 0 aliphatic carbocycles. The second-order valence-corrected chi connectivity index (χ2v) is 4.48. The Balaban J connectivity index is 2.04. The highest BCUT2D eigenvalue weighted by Crippen LogP contribution is 2.37. The van der Waals surface area contributed by atoms with Crippen molar-refractivity contribution < 1.29 is 26.7 Å². The molecule has 0 bridgehead atoms. The highest BCUT2D eigenvalue weighted by Gasteiger charge is 2.61. The molecule has 0 unspecified atom stereocenters. The van der Waals surface area contributed by atoms with Gasteiger partial charge in [0.2, 0.25) is 0 Å². The number of ether oxygens (including phenoxy) is 1. The van der Waals surface area contributed by atoms with Crippen LogP contribution in [0.15, 0.2) is 54.6 Å². The van der Waals surface area contributed by atoms with Gasteiger partial charge in [0.25, 0.3) is 0 Å². The Morgan fingerprint density at radius 2 is 1.55 bits per heavy atom. The van der Waals surface area contributed by atoms with Gasteiger partial charge in [0, 0.05) is 12.2 Å². The largest absolute Gasteiger partial charge is 0.499 e. The molecule has 0 atom stereocenters. The molecule has 0 spiro atoms. The first kappa shape index (κ1) is 16.1. The Labute approximate surface area is 123 Å². The predicted octanol–water partition coefficient (Wildman–Crippen LogP) is 4.83. The fraction of sp³-hybridized carbons (Fsp3) is 0.200. The molecule has 7 heteroatoms. The first-order valence-corrected chi connectivity index (χ1v) is 6.29. The van der Waals surface area contributed by atoms with Gasteiger partial charge in [-0.15, -0.1) is 0 Å². The average Bonchev–Trinajstić information content (AvgIpc) is 2.45.